The molecule has 0 atom stereocenters. The van der Waals surface area contributed by atoms with Crippen molar-refractivity contribution in [1.29, 1.82) is 0 Å². The average molecular weight is 466 g/mol. The minimum Gasteiger partial charge on any atom is -0.493 e. The van der Waals surface area contributed by atoms with Crippen molar-refractivity contribution in [1.82, 2.24) is 4.98 Å². The summed E-state index contributed by atoms with van der Waals surface area (Å²) in [5, 5.41) is 4.64. The van der Waals surface area contributed by atoms with Crippen LogP contribution < -0.4 is 19.5 Å². The van der Waals surface area contributed by atoms with Gasteiger partial charge in [-0.2, -0.15) is 0 Å². The lowest BCUT2D eigenvalue weighted by Gasteiger charge is -2.11. The van der Waals surface area contributed by atoms with Crippen LogP contribution in [0.2, 0.25) is 0 Å². The van der Waals surface area contributed by atoms with Crippen molar-refractivity contribution in [2.24, 2.45) is 0 Å². The number of methoxy groups -OCH3 is 1. The Morgan fingerprint density at radius 1 is 1.16 bits per heavy atom. The second-order valence-corrected chi connectivity index (χ2v) is 8.84. The smallest absolute Gasteiger partial charge is 0.263 e. The molecule has 0 aliphatic rings. The van der Waals surface area contributed by atoms with Gasteiger partial charge in [0.05, 0.1) is 18.6 Å². The number of hydrogen-bond donors (Lipinski definition) is 2. The molecule has 3 rings (SSSR count). The number of nitrogens with one attached hydrogen (secondary N) is 2. The molecular weight excluding hydrogens is 445 g/mol. The molecule has 0 radical (unpaired) electrons. The van der Waals surface area contributed by atoms with Crippen LogP contribution in [0.4, 0.5) is 15.2 Å². The largest absolute Gasteiger partial charge is 0.493 e. The van der Waals surface area contributed by atoms with Crippen LogP contribution in [0.15, 0.2) is 58.9 Å². The summed E-state index contributed by atoms with van der Waals surface area (Å²) in [5.74, 6) is 0.00358. The fourth-order valence-corrected chi connectivity index (χ4v) is 4.35. The summed E-state index contributed by atoms with van der Waals surface area (Å²) in [6.07, 6.45) is 2.12. The van der Waals surface area contributed by atoms with Crippen molar-refractivity contribution in [3.63, 3.8) is 0 Å². The molecule has 0 saturated heterocycles. The molecule has 0 aliphatic heterocycles. The van der Waals surface area contributed by atoms with Crippen LogP contribution in [0.5, 0.6) is 11.5 Å². The van der Waals surface area contributed by atoms with E-state index in [0.717, 1.165) is 0 Å². The first-order chi connectivity index (χ1) is 14.9. The van der Waals surface area contributed by atoms with Crippen molar-refractivity contribution in [2.75, 3.05) is 23.8 Å². The van der Waals surface area contributed by atoms with Crippen LogP contribution in [0.3, 0.4) is 0 Å². The topological polar surface area (TPSA) is 107 Å². The number of hydrogen-bond acceptors (Lipinski definition) is 7. The minimum absolute atomic E-state index is 0.0577. The fraction of sp³-hybridized carbons (Fsp3) is 0.200. The lowest BCUT2D eigenvalue weighted by molar-refractivity contribution is -0.116. The highest BCUT2D eigenvalue weighted by Gasteiger charge is 2.15. The van der Waals surface area contributed by atoms with Crippen molar-refractivity contribution in [3.8, 4) is 11.5 Å². The number of nitrogens with zero attached hydrogens (tertiary/aromatic N) is 1. The van der Waals surface area contributed by atoms with Crippen LogP contribution in [0, 0.1) is 5.82 Å². The van der Waals surface area contributed by atoms with Crippen molar-refractivity contribution in [3.05, 3.63) is 59.9 Å². The van der Waals surface area contributed by atoms with Crippen LogP contribution in [-0.4, -0.2) is 33.0 Å². The van der Waals surface area contributed by atoms with Gasteiger partial charge in [-0.15, -0.1) is 11.3 Å². The standard InChI is InChI=1S/C20H20FN3O5S2/c1-28-18-13-14(21)4-9-17(18)29-11-2-3-19(25)23-15-5-7-16(8-6-15)31(26,27)24-20-22-10-12-30-20/h4-10,12-13H,2-3,11H2,1H3,(H,22,24)(H,23,25). The molecule has 1 amide bonds. The van der Waals surface area contributed by atoms with E-state index >= 15 is 0 Å². The number of halogens is 1. The Balaban J connectivity index is 1.46. The molecule has 0 unspecified atom stereocenters. The minimum atomic E-state index is -3.75. The van der Waals surface area contributed by atoms with E-state index in [0.29, 0.717) is 17.9 Å². The molecule has 2 aromatic carbocycles. The number of thiazole rings is 1. The van der Waals surface area contributed by atoms with Gasteiger partial charge in [0, 0.05) is 29.8 Å². The number of amides is 1. The van der Waals surface area contributed by atoms with E-state index in [1.165, 1.54) is 67.1 Å². The average Bonchev–Trinajstić information content (AvgIpc) is 3.24. The number of carbonyl (C=O) groups is 1. The molecule has 1 aromatic heterocycles. The van der Waals surface area contributed by atoms with E-state index in [-0.39, 0.29) is 34.7 Å². The Morgan fingerprint density at radius 3 is 2.61 bits per heavy atom. The number of sulfonamides is 1. The summed E-state index contributed by atoms with van der Waals surface area (Å²) in [6.45, 7) is 0.245. The number of benzene rings is 2. The fourth-order valence-electron chi connectivity index (χ4n) is 2.56. The molecule has 0 aliphatic carbocycles. The van der Waals surface area contributed by atoms with E-state index in [1.54, 1.807) is 5.38 Å². The molecule has 2 N–H and O–H groups in total. The third-order valence-electron chi connectivity index (χ3n) is 4.03. The highest BCUT2D eigenvalue weighted by molar-refractivity contribution is 7.93. The predicted molar refractivity (Wildman–Crippen MR) is 116 cm³/mol. The summed E-state index contributed by atoms with van der Waals surface area (Å²) >= 11 is 1.17. The third-order valence-corrected chi connectivity index (χ3v) is 6.21. The highest BCUT2D eigenvalue weighted by Crippen LogP contribution is 2.27. The summed E-state index contributed by atoms with van der Waals surface area (Å²) in [5.41, 5.74) is 0.472. The van der Waals surface area contributed by atoms with E-state index < -0.39 is 15.8 Å². The van der Waals surface area contributed by atoms with Gasteiger partial charge in [0.15, 0.2) is 16.6 Å². The molecule has 164 valence electrons. The molecule has 8 nitrogen and oxygen atoms in total. The second kappa shape index (κ2) is 10.2. The zero-order valence-electron chi connectivity index (χ0n) is 16.5. The molecule has 3 aromatic rings. The lowest BCUT2D eigenvalue weighted by Crippen LogP contribution is -2.14. The molecule has 0 fully saturated rings. The molecule has 0 spiro atoms. The Bertz CT molecular complexity index is 1120. The Labute approximate surface area is 183 Å². The molecule has 1 heterocycles. The molecule has 31 heavy (non-hydrogen) atoms. The Hall–Kier alpha value is -3.18. The molecular formula is C20H20FN3O5S2. The quantitative estimate of drug-likeness (QED) is 0.440. The number of anilines is 2. The first-order valence-corrected chi connectivity index (χ1v) is 11.5. The number of carbonyl (C=O) groups excluding carboxylic acids is 1. The van der Waals surface area contributed by atoms with Gasteiger partial charge in [-0.1, -0.05) is 0 Å². The van der Waals surface area contributed by atoms with Gasteiger partial charge in [-0.05, 0) is 42.8 Å². The van der Waals surface area contributed by atoms with Crippen molar-refractivity contribution >= 4 is 38.1 Å². The maximum Gasteiger partial charge on any atom is 0.263 e. The molecule has 0 bridgehead atoms. The zero-order valence-corrected chi connectivity index (χ0v) is 18.1. The maximum absolute atomic E-state index is 13.2. The first kappa shape index (κ1) is 22.5. The van der Waals surface area contributed by atoms with Gasteiger partial charge in [0.1, 0.15) is 5.82 Å². The maximum atomic E-state index is 13.2. The van der Waals surface area contributed by atoms with Crippen molar-refractivity contribution < 1.29 is 27.1 Å². The predicted octanol–water partition coefficient (Wildman–Crippen LogP) is 3.89. The summed E-state index contributed by atoms with van der Waals surface area (Å²) in [4.78, 5) is 16.1. The monoisotopic (exact) mass is 465 g/mol. The number of rotatable bonds is 10. The van der Waals surface area contributed by atoms with Gasteiger partial charge < -0.3 is 14.8 Å². The highest BCUT2D eigenvalue weighted by atomic mass is 32.2. The SMILES string of the molecule is COc1cc(F)ccc1OCCCC(=O)Nc1ccc(S(=O)(=O)Nc2nccs2)cc1. The summed E-state index contributed by atoms with van der Waals surface area (Å²) in [7, 11) is -2.33. The Morgan fingerprint density at radius 2 is 1.94 bits per heavy atom. The molecule has 11 heteroatoms. The Kier molecular flexibility index (Phi) is 7.42. The third kappa shape index (κ3) is 6.40. The normalized spacial score (nSPS) is 11.0. The summed E-state index contributed by atoms with van der Waals surface area (Å²) < 4.78 is 50.8. The number of ether oxygens (including phenoxy) is 2. The lowest BCUT2D eigenvalue weighted by atomic mass is 10.2. The van der Waals surface area contributed by atoms with Gasteiger partial charge in [0.2, 0.25) is 5.91 Å². The van der Waals surface area contributed by atoms with Gasteiger partial charge >= 0.3 is 0 Å². The van der Waals surface area contributed by atoms with Crippen LogP contribution in [0.1, 0.15) is 12.8 Å². The van der Waals surface area contributed by atoms with Gasteiger partial charge in [-0.25, -0.2) is 17.8 Å². The van der Waals surface area contributed by atoms with E-state index in [4.69, 9.17) is 9.47 Å². The van der Waals surface area contributed by atoms with Gasteiger partial charge in [-0.3, -0.25) is 9.52 Å². The molecule has 0 saturated carbocycles. The number of aromatic nitrogens is 1. The van der Waals surface area contributed by atoms with E-state index in [1.807, 2.05) is 0 Å². The van der Waals surface area contributed by atoms with Gasteiger partial charge in [0.25, 0.3) is 10.0 Å². The zero-order chi connectivity index (χ0) is 22.3. The van der Waals surface area contributed by atoms with Crippen LogP contribution in [-0.2, 0) is 14.8 Å². The van der Waals surface area contributed by atoms with Crippen LogP contribution >= 0.6 is 11.3 Å². The van der Waals surface area contributed by atoms with Crippen molar-refractivity contribution in [2.45, 2.75) is 17.7 Å². The first-order valence-electron chi connectivity index (χ1n) is 9.16. The van der Waals surface area contributed by atoms with E-state index in [9.17, 15) is 17.6 Å². The van der Waals surface area contributed by atoms with Crippen LogP contribution in [0.25, 0.3) is 0 Å². The summed E-state index contributed by atoms with van der Waals surface area (Å²) in [6, 6.07) is 9.76. The second-order valence-electron chi connectivity index (χ2n) is 6.26. The van der Waals surface area contributed by atoms with E-state index in [2.05, 4.69) is 15.0 Å².